The number of rotatable bonds is 5. The molecule has 1 saturated heterocycles. The second-order valence-electron chi connectivity index (χ2n) is 9.70. The molecule has 0 saturated carbocycles. The molecule has 1 fully saturated rings. The monoisotopic (exact) mass is 484 g/mol. The van der Waals surface area contributed by atoms with Gasteiger partial charge in [0.25, 0.3) is 0 Å². The maximum Gasteiger partial charge on any atom is 0.408 e. The average molecular weight is 485 g/mol. The van der Waals surface area contributed by atoms with Crippen molar-refractivity contribution in [1.29, 1.82) is 0 Å². The SMILES string of the molecule is CC(C)[C@H](NC(=O)OC(C)(C)C)C(=O)N1CCC(Oc2ncc(Br)cn2)C(C)(C)C1. The van der Waals surface area contributed by atoms with Crippen LogP contribution in [0.25, 0.3) is 0 Å². The summed E-state index contributed by atoms with van der Waals surface area (Å²) in [5, 5.41) is 2.75. The minimum Gasteiger partial charge on any atom is -0.459 e. The lowest BCUT2D eigenvalue weighted by atomic mass is 9.80. The molecular weight excluding hydrogens is 452 g/mol. The maximum atomic E-state index is 13.2. The quantitative estimate of drug-likeness (QED) is 0.682. The van der Waals surface area contributed by atoms with Crippen molar-refractivity contribution >= 4 is 27.9 Å². The molecular formula is C21H33BrN4O4. The number of piperidine rings is 1. The predicted octanol–water partition coefficient (Wildman–Crippen LogP) is 3.79. The summed E-state index contributed by atoms with van der Waals surface area (Å²) in [4.78, 5) is 35.6. The fourth-order valence-corrected chi connectivity index (χ4v) is 3.58. The smallest absolute Gasteiger partial charge is 0.408 e. The molecule has 8 nitrogen and oxygen atoms in total. The van der Waals surface area contributed by atoms with Gasteiger partial charge in [-0.3, -0.25) is 4.79 Å². The molecule has 1 aromatic heterocycles. The van der Waals surface area contributed by atoms with Gasteiger partial charge in [0.05, 0.1) is 4.47 Å². The van der Waals surface area contributed by atoms with E-state index in [1.165, 1.54) is 0 Å². The molecule has 1 unspecified atom stereocenters. The number of hydrogen-bond donors (Lipinski definition) is 1. The van der Waals surface area contributed by atoms with Crippen LogP contribution in [0.3, 0.4) is 0 Å². The Morgan fingerprint density at radius 3 is 2.37 bits per heavy atom. The molecule has 1 aromatic rings. The zero-order valence-corrected chi connectivity index (χ0v) is 20.4. The summed E-state index contributed by atoms with van der Waals surface area (Å²) in [7, 11) is 0. The van der Waals surface area contributed by atoms with Gasteiger partial charge in [-0.25, -0.2) is 14.8 Å². The van der Waals surface area contributed by atoms with Gasteiger partial charge in [-0.1, -0.05) is 27.7 Å². The highest BCUT2D eigenvalue weighted by atomic mass is 79.9. The van der Waals surface area contributed by atoms with E-state index in [0.29, 0.717) is 25.5 Å². The number of aromatic nitrogens is 2. The van der Waals surface area contributed by atoms with Crippen molar-refractivity contribution in [3.8, 4) is 6.01 Å². The molecule has 1 aliphatic rings. The summed E-state index contributed by atoms with van der Waals surface area (Å²) in [6, 6.07) is -0.328. The van der Waals surface area contributed by atoms with Crippen molar-refractivity contribution in [3.05, 3.63) is 16.9 Å². The first-order valence-electron chi connectivity index (χ1n) is 10.2. The lowest BCUT2D eigenvalue weighted by Crippen LogP contribution is -2.58. The zero-order valence-electron chi connectivity index (χ0n) is 18.9. The molecule has 0 radical (unpaired) electrons. The van der Waals surface area contributed by atoms with E-state index in [0.717, 1.165) is 4.47 Å². The van der Waals surface area contributed by atoms with Gasteiger partial charge in [0, 0.05) is 37.3 Å². The second kappa shape index (κ2) is 9.49. The molecule has 1 N–H and O–H groups in total. The van der Waals surface area contributed by atoms with Gasteiger partial charge < -0.3 is 19.7 Å². The van der Waals surface area contributed by atoms with Crippen LogP contribution in [0.15, 0.2) is 16.9 Å². The van der Waals surface area contributed by atoms with Crippen LogP contribution in [-0.4, -0.2) is 57.7 Å². The average Bonchev–Trinajstić information content (AvgIpc) is 2.60. The van der Waals surface area contributed by atoms with Crippen molar-refractivity contribution in [2.24, 2.45) is 11.3 Å². The number of nitrogens with one attached hydrogen (secondary N) is 1. The Morgan fingerprint density at radius 2 is 1.87 bits per heavy atom. The largest absolute Gasteiger partial charge is 0.459 e. The Hall–Kier alpha value is -1.90. The van der Waals surface area contributed by atoms with Crippen molar-refractivity contribution in [3.63, 3.8) is 0 Å². The number of carbonyl (C=O) groups is 2. The Kier molecular flexibility index (Phi) is 7.71. The number of ether oxygens (including phenoxy) is 2. The van der Waals surface area contributed by atoms with Gasteiger partial charge in [-0.15, -0.1) is 0 Å². The van der Waals surface area contributed by atoms with Gasteiger partial charge in [0.1, 0.15) is 17.7 Å². The molecule has 168 valence electrons. The van der Waals surface area contributed by atoms with Crippen LogP contribution < -0.4 is 10.1 Å². The van der Waals surface area contributed by atoms with Crippen molar-refractivity contribution in [1.82, 2.24) is 20.2 Å². The molecule has 0 spiro atoms. The van der Waals surface area contributed by atoms with Crippen LogP contribution in [0.2, 0.25) is 0 Å². The highest BCUT2D eigenvalue weighted by Crippen LogP contribution is 2.32. The highest BCUT2D eigenvalue weighted by Gasteiger charge is 2.41. The van der Waals surface area contributed by atoms with E-state index in [1.54, 1.807) is 38.1 Å². The van der Waals surface area contributed by atoms with Crippen molar-refractivity contribution in [2.45, 2.75) is 72.6 Å². The molecule has 2 atom stereocenters. The molecule has 0 bridgehead atoms. The van der Waals surface area contributed by atoms with E-state index in [1.807, 2.05) is 13.8 Å². The molecule has 2 rings (SSSR count). The number of carbonyl (C=O) groups excluding carboxylic acids is 2. The van der Waals surface area contributed by atoms with Crippen LogP contribution in [0, 0.1) is 11.3 Å². The van der Waals surface area contributed by atoms with Gasteiger partial charge in [-0.05, 0) is 42.6 Å². The van der Waals surface area contributed by atoms with Gasteiger partial charge in [0.15, 0.2) is 0 Å². The van der Waals surface area contributed by atoms with Gasteiger partial charge in [-0.2, -0.15) is 0 Å². The van der Waals surface area contributed by atoms with Crippen LogP contribution in [0.1, 0.15) is 54.9 Å². The standard InChI is InChI=1S/C21H33BrN4O4/c1-13(2)16(25-19(28)30-20(3,4)5)17(27)26-9-8-15(21(6,7)12-26)29-18-23-10-14(22)11-24-18/h10-11,13,15-16H,8-9,12H2,1-7H3,(H,25,28)/t15?,16-/m0/s1. The Bertz CT molecular complexity index is 746. The summed E-state index contributed by atoms with van der Waals surface area (Å²) < 4.78 is 12.1. The molecule has 0 aromatic carbocycles. The molecule has 0 aliphatic carbocycles. The second-order valence-corrected chi connectivity index (χ2v) is 10.6. The van der Waals surface area contributed by atoms with Gasteiger partial charge in [0.2, 0.25) is 5.91 Å². The number of amides is 2. The minimum atomic E-state index is -0.650. The number of halogens is 1. The van der Waals surface area contributed by atoms with E-state index < -0.39 is 17.7 Å². The van der Waals surface area contributed by atoms with E-state index in [9.17, 15) is 9.59 Å². The third-order valence-electron chi connectivity index (χ3n) is 4.89. The number of hydrogen-bond acceptors (Lipinski definition) is 6. The summed E-state index contributed by atoms with van der Waals surface area (Å²) in [5.41, 5.74) is -0.931. The normalized spacial score (nSPS) is 19.9. The van der Waals surface area contributed by atoms with Crippen LogP contribution in [0.4, 0.5) is 4.79 Å². The number of likely N-dealkylation sites (tertiary alicyclic amines) is 1. The van der Waals surface area contributed by atoms with E-state index in [2.05, 4.69) is 45.1 Å². The predicted molar refractivity (Wildman–Crippen MR) is 117 cm³/mol. The third kappa shape index (κ3) is 6.82. The maximum absolute atomic E-state index is 13.2. The Morgan fingerprint density at radius 1 is 1.27 bits per heavy atom. The first kappa shape index (κ1) is 24.4. The molecule has 2 heterocycles. The first-order valence-corrected chi connectivity index (χ1v) is 11.0. The van der Waals surface area contributed by atoms with Crippen LogP contribution in [-0.2, 0) is 9.53 Å². The van der Waals surface area contributed by atoms with Crippen LogP contribution >= 0.6 is 15.9 Å². The van der Waals surface area contributed by atoms with Crippen LogP contribution in [0.5, 0.6) is 6.01 Å². The molecule has 1 aliphatic heterocycles. The highest BCUT2D eigenvalue weighted by molar-refractivity contribution is 9.10. The topological polar surface area (TPSA) is 93.7 Å². The lowest BCUT2D eigenvalue weighted by molar-refractivity contribution is -0.140. The summed E-state index contributed by atoms with van der Waals surface area (Å²) in [6.07, 6.45) is 3.22. The molecule has 9 heteroatoms. The number of alkyl carbamates (subject to hydrolysis) is 1. The number of nitrogens with zero attached hydrogens (tertiary/aromatic N) is 3. The Labute approximate surface area is 187 Å². The Balaban J connectivity index is 2.04. The van der Waals surface area contributed by atoms with E-state index >= 15 is 0 Å². The van der Waals surface area contributed by atoms with Crippen molar-refractivity contribution in [2.75, 3.05) is 13.1 Å². The summed E-state index contributed by atoms with van der Waals surface area (Å²) >= 11 is 3.31. The lowest BCUT2D eigenvalue weighted by Gasteiger charge is -2.44. The zero-order chi connectivity index (χ0) is 22.7. The third-order valence-corrected chi connectivity index (χ3v) is 5.30. The molecule has 30 heavy (non-hydrogen) atoms. The van der Waals surface area contributed by atoms with Crippen molar-refractivity contribution < 1.29 is 19.1 Å². The summed E-state index contributed by atoms with van der Waals surface area (Å²) in [6.45, 7) is 14.3. The summed E-state index contributed by atoms with van der Waals surface area (Å²) in [5.74, 6) is -0.180. The first-order chi connectivity index (χ1) is 13.8. The van der Waals surface area contributed by atoms with Gasteiger partial charge >= 0.3 is 12.1 Å². The fourth-order valence-electron chi connectivity index (χ4n) is 3.38. The molecule has 2 amide bonds. The minimum absolute atomic E-state index is 0.0710. The fraction of sp³-hybridized carbons (Fsp3) is 0.714. The van der Waals surface area contributed by atoms with E-state index in [4.69, 9.17) is 9.47 Å². The van der Waals surface area contributed by atoms with E-state index in [-0.39, 0.29) is 23.3 Å².